The molecule has 0 bridgehead atoms. The Kier molecular flexibility index (Phi) is 4.68. The number of hydrogen-bond donors (Lipinski definition) is 1. The molecule has 2 aromatic heterocycles. The molecule has 0 aliphatic rings. The van der Waals surface area contributed by atoms with Gasteiger partial charge in [0, 0.05) is 5.56 Å². The zero-order chi connectivity index (χ0) is 20.1. The van der Waals surface area contributed by atoms with Crippen molar-refractivity contribution in [1.82, 2.24) is 9.97 Å². The highest BCUT2D eigenvalue weighted by Gasteiger charge is 2.21. The van der Waals surface area contributed by atoms with Gasteiger partial charge in [0.15, 0.2) is 15.0 Å². The van der Waals surface area contributed by atoms with Crippen LogP contribution in [0.2, 0.25) is 0 Å². The van der Waals surface area contributed by atoms with Gasteiger partial charge in [-0.05, 0) is 51.1 Å². The number of benzene rings is 2. The number of amides is 1. The van der Waals surface area contributed by atoms with Gasteiger partial charge in [-0.15, -0.1) is 11.3 Å². The van der Waals surface area contributed by atoms with Crippen LogP contribution >= 0.6 is 22.7 Å². The summed E-state index contributed by atoms with van der Waals surface area (Å²) in [7, 11) is -3.45. The van der Waals surface area contributed by atoms with Crippen LogP contribution in [0.5, 0.6) is 0 Å². The van der Waals surface area contributed by atoms with Crippen LogP contribution in [-0.4, -0.2) is 29.5 Å². The average Bonchev–Trinajstić information content (AvgIpc) is 3.23. The lowest BCUT2D eigenvalue weighted by atomic mass is 10.2. The average molecular weight is 432 g/mol. The minimum Gasteiger partial charge on any atom is -0.298 e. The van der Waals surface area contributed by atoms with Crippen molar-refractivity contribution in [2.75, 3.05) is 5.32 Å². The second kappa shape index (κ2) is 6.91. The molecule has 1 N–H and O–H groups in total. The van der Waals surface area contributed by atoms with Crippen LogP contribution in [0.15, 0.2) is 41.3 Å². The highest BCUT2D eigenvalue weighted by atomic mass is 32.2. The van der Waals surface area contributed by atoms with Gasteiger partial charge in [0.1, 0.15) is 0 Å². The second-order valence-corrected chi connectivity index (χ2v) is 11.3. The van der Waals surface area contributed by atoms with Crippen LogP contribution in [0.1, 0.15) is 29.2 Å². The summed E-state index contributed by atoms with van der Waals surface area (Å²) in [4.78, 5) is 21.8. The molecule has 0 saturated heterocycles. The van der Waals surface area contributed by atoms with E-state index in [0.29, 0.717) is 5.13 Å². The summed E-state index contributed by atoms with van der Waals surface area (Å²) in [6.07, 6.45) is 0. The van der Waals surface area contributed by atoms with Crippen LogP contribution in [0.25, 0.3) is 20.4 Å². The zero-order valence-electron chi connectivity index (χ0n) is 15.4. The Morgan fingerprint density at radius 2 is 1.71 bits per heavy atom. The Morgan fingerprint density at radius 3 is 2.43 bits per heavy atom. The minimum absolute atomic E-state index is 0.140. The maximum Gasteiger partial charge on any atom is 0.257 e. The van der Waals surface area contributed by atoms with E-state index in [1.807, 2.05) is 19.1 Å². The Labute approximate surface area is 170 Å². The van der Waals surface area contributed by atoms with E-state index in [1.165, 1.54) is 23.5 Å². The van der Waals surface area contributed by atoms with Gasteiger partial charge in [-0.2, -0.15) is 0 Å². The third kappa shape index (κ3) is 3.30. The van der Waals surface area contributed by atoms with Gasteiger partial charge in [0.2, 0.25) is 0 Å². The molecule has 0 spiro atoms. The first-order chi connectivity index (χ1) is 13.3. The lowest BCUT2D eigenvalue weighted by Crippen LogP contribution is -2.16. The largest absolute Gasteiger partial charge is 0.298 e. The van der Waals surface area contributed by atoms with Crippen LogP contribution in [0.4, 0.5) is 5.13 Å². The first kappa shape index (κ1) is 19.0. The predicted octanol–water partition coefficient (Wildman–Crippen LogP) is 4.65. The number of anilines is 1. The maximum absolute atomic E-state index is 12.7. The molecule has 0 unspecified atom stereocenters. The number of rotatable bonds is 4. The number of nitrogens with zero attached hydrogens (tertiary/aromatic N) is 2. The van der Waals surface area contributed by atoms with Gasteiger partial charge >= 0.3 is 0 Å². The summed E-state index contributed by atoms with van der Waals surface area (Å²) in [5.74, 6) is -0.392. The summed E-state index contributed by atoms with van der Waals surface area (Å²) in [6, 6.07) is 9.89. The van der Waals surface area contributed by atoms with Crippen molar-refractivity contribution in [3.8, 4) is 0 Å². The molecular weight excluding hydrogens is 414 g/mol. The summed E-state index contributed by atoms with van der Waals surface area (Å²) in [5.41, 5.74) is 2.00. The number of aromatic nitrogens is 2. The van der Waals surface area contributed by atoms with Crippen LogP contribution in [0, 0.1) is 6.92 Å². The summed E-state index contributed by atoms with van der Waals surface area (Å²) in [5, 5.41) is 3.67. The molecule has 0 radical (unpaired) electrons. The smallest absolute Gasteiger partial charge is 0.257 e. The first-order valence-corrected chi connectivity index (χ1v) is 11.8. The van der Waals surface area contributed by atoms with Crippen molar-refractivity contribution in [1.29, 1.82) is 0 Å². The van der Waals surface area contributed by atoms with Gasteiger partial charge in [-0.3, -0.25) is 10.1 Å². The third-order valence-corrected chi connectivity index (χ3v) is 8.57. The van der Waals surface area contributed by atoms with Crippen LogP contribution in [0.3, 0.4) is 0 Å². The van der Waals surface area contributed by atoms with E-state index in [4.69, 9.17) is 0 Å². The van der Waals surface area contributed by atoms with Crippen molar-refractivity contribution >= 4 is 64.0 Å². The highest BCUT2D eigenvalue weighted by molar-refractivity contribution is 7.92. The van der Waals surface area contributed by atoms with E-state index >= 15 is 0 Å². The molecule has 0 atom stereocenters. The summed E-state index contributed by atoms with van der Waals surface area (Å²) >= 11 is 2.98. The highest BCUT2D eigenvalue weighted by Crippen LogP contribution is 2.35. The molecule has 0 aliphatic carbocycles. The van der Waals surface area contributed by atoms with Crippen LogP contribution in [-0.2, 0) is 9.84 Å². The van der Waals surface area contributed by atoms with E-state index in [0.717, 1.165) is 25.4 Å². The Bertz CT molecular complexity index is 1320. The molecular formula is C19H17N3O3S3. The molecule has 4 rings (SSSR count). The van der Waals surface area contributed by atoms with E-state index in [9.17, 15) is 13.2 Å². The fourth-order valence-corrected chi connectivity index (χ4v) is 5.90. The Hall–Kier alpha value is -2.36. The summed E-state index contributed by atoms with van der Waals surface area (Å²) in [6.45, 7) is 5.19. The van der Waals surface area contributed by atoms with Crippen molar-refractivity contribution in [2.45, 2.75) is 30.9 Å². The quantitative estimate of drug-likeness (QED) is 0.508. The Balaban J connectivity index is 1.66. The first-order valence-electron chi connectivity index (χ1n) is 8.57. The predicted molar refractivity (Wildman–Crippen MR) is 114 cm³/mol. The van der Waals surface area contributed by atoms with E-state index in [-0.39, 0.29) is 10.5 Å². The SMILES string of the molecule is Cc1nc2ccc3nc(NC(=O)c4cccc(S(=O)(=O)C(C)C)c4)sc3c2s1. The van der Waals surface area contributed by atoms with Gasteiger partial charge in [0.05, 0.1) is 35.6 Å². The molecule has 28 heavy (non-hydrogen) atoms. The second-order valence-electron chi connectivity index (χ2n) is 6.59. The minimum atomic E-state index is -3.45. The van der Waals surface area contributed by atoms with Crippen molar-refractivity contribution < 1.29 is 13.2 Å². The fraction of sp³-hybridized carbons (Fsp3) is 0.211. The van der Waals surface area contributed by atoms with Crippen molar-refractivity contribution in [2.24, 2.45) is 0 Å². The third-order valence-electron chi connectivity index (χ3n) is 4.28. The molecule has 144 valence electrons. The van der Waals surface area contributed by atoms with E-state index in [2.05, 4.69) is 15.3 Å². The number of hydrogen-bond acceptors (Lipinski definition) is 7. The fourth-order valence-electron chi connectivity index (χ4n) is 2.79. The van der Waals surface area contributed by atoms with Gasteiger partial charge in [-0.1, -0.05) is 17.4 Å². The van der Waals surface area contributed by atoms with Gasteiger partial charge in [-0.25, -0.2) is 18.4 Å². The molecule has 0 saturated carbocycles. The number of carbonyl (C=O) groups excluding carboxylic acids is 1. The molecule has 4 aromatic rings. The number of nitrogens with one attached hydrogen (secondary N) is 1. The molecule has 2 aromatic carbocycles. The lowest BCUT2D eigenvalue weighted by molar-refractivity contribution is 0.102. The summed E-state index contributed by atoms with van der Waals surface area (Å²) < 4.78 is 26.8. The molecule has 6 nitrogen and oxygen atoms in total. The molecule has 0 aliphatic heterocycles. The standard InChI is InChI=1S/C19H17N3O3S3/c1-10(2)28(24,25)13-6-4-5-12(9-13)18(23)22-19-21-15-8-7-14-16(17(15)27-19)26-11(3)20-14/h4-10H,1-3H3,(H,21,22,23). The Morgan fingerprint density at radius 1 is 1.04 bits per heavy atom. The number of aryl methyl sites for hydroxylation is 1. The number of carbonyl (C=O) groups is 1. The maximum atomic E-state index is 12.7. The van der Waals surface area contributed by atoms with Gasteiger partial charge in [0.25, 0.3) is 5.91 Å². The monoisotopic (exact) mass is 431 g/mol. The van der Waals surface area contributed by atoms with Crippen molar-refractivity contribution in [3.05, 3.63) is 47.0 Å². The number of sulfone groups is 1. The molecule has 1 amide bonds. The van der Waals surface area contributed by atoms with E-state index in [1.54, 1.807) is 37.3 Å². The normalized spacial score (nSPS) is 12.1. The molecule has 2 heterocycles. The number of fused-ring (bicyclic) bond motifs is 3. The van der Waals surface area contributed by atoms with E-state index < -0.39 is 21.0 Å². The lowest BCUT2D eigenvalue weighted by Gasteiger charge is -2.09. The number of thiazole rings is 2. The topological polar surface area (TPSA) is 89.0 Å². The van der Waals surface area contributed by atoms with Gasteiger partial charge < -0.3 is 0 Å². The molecule has 0 fully saturated rings. The van der Waals surface area contributed by atoms with Crippen LogP contribution < -0.4 is 5.32 Å². The van der Waals surface area contributed by atoms with Crippen molar-refractivity contribution in [3.63, 3.8) is 0 Å². The zero-order valence-corrected chi connectivity index (χ0v) is 17.8. The molecule has 9 heteroatoms.